The Bertz CT molecular complexity index is 222. The van der Waals surface area contributed by atoms with Crippen molar-refractivity contribution in [3.63, 3.8) is 0 Å². The summed E-state index contributed by atoms with van der Waals surface area (Å²) in [4.78, 5) is 0. The van der Waals surface area contributed by atoms with Crippen LogP contribution in [-0.4, -0.2) is 17.5 Å². The summed E-state index contributed by atoms with van der Waals surface area (Å²) in [5, 5.41) is 11.9. The van der Waals surface area contributed by atoms with E-state index in [1.54, 1.807) is 0 Å². The summed E-state index contributed by atoms with van der Waals surface area (Å²) < 4.78 is 0. The molecule has 0 amide bonds. The van der Waals surface area contributed by atoms with Crippen molar-refractivity contribution in [3.05, 3.63) is 29.8 Å². The highest BCUT2D eigenvalue weighted by Crippen LogP contribution is 2.08. The maximum atomic E-state index is 8.76. The van der Waals surface area contributed by atoms with E-state index in [-0.39, 0.29) is 6.61 Å². The molecular formula is C9H12ClNO. The van der Waals surface area contributed by atoms with Crippen LogP contribution in [0.3, 0.4) is 0 Å². The summed E-state index contributed by atoms with van der Waals surface area (Å²) in [6.45, 7) is 0.857. The number of anilines is 1. The third-order valence-corrected chi connectivity index (χ3v) is 1.75. The number of hydrogen-bond donors (Lipinski definition) is 2. The van der Waals surface area contributed by atoms with E-state index in [9.17, 15) is 0 Å². The van der Waals surface area contributed by atoms with Gasteiger partial charge in [0.2, 0.25) is 0 Å². The van der Waals surface area contributed by atoms with Crippen LogP contribution in [0.25, 0.3) is 0 Å². The zero-order valence-corrected chi connectivity index (χ0v) is 7.51. The molecule has 0 unspecified atom stereocenters. The van der Waals surface area contributed by atoms with Crippen molar-refractivity contribution in [2.45, 2.75) is 6.61 Å². The van der Waals surface area contributed by atoms with Crippen molar-refractivity contribution < 1.29 is 5.11 Å². The number of halogens is 1. The van der Waals surface area contributed by atoms with Gasteiger partial charge in [-0.25, -0.2) is 0 Å². The molecule has 0 spiro atoms. The number of aliphatic hydroxyl groups excluding tert-OH is 1. The molecular weight excluding hydrogens is 174 g/mol. The smallest absolute Gasteiger partial charge is 0.0681 e. The van der Waals surface area contributed by atoms with E-state index in [0.717, 1.165) is 17.8 Å². The Morgan fingerprint density at radius 1 is 1.25 bits per heavy atom. The van der Waals surface area contributed by atoms with Gasteiger partial charge < -0.3 is 10.4 Å². The molecule has 0 atom stereocenters. The zero-order chi connectivity index (χ0) is 8.81. The molecule has 0 aliphatic heterocycles. The Morgan fingerprint density at radius 2 is 1.92 bits per heavy atom. The van der Waals surface area contributed by atoms with Gasteiger partial charge in [0.25, 0.3) is 0 Å². The van der Waals surface area contributed by atoms with Gasteiger partial charge in [-0.1, -0.05) is 12.1 Å². The topological polar surface area (TPSA) is 32.3 Å². The minimum atomic E-state index is 0.0930. The number of aliphatic hydroxyl groups is 1. The molecule has 1 aromatic rings. The largest absolute Gasteiger partial charge is 0.392 e. The summed E-state index contributed by atoms with van der Waals surface area (Å²) in [5.74, 6) is 0.599. The molecule has 0 radical (unpaired) electrons. The van der Waals surface area contributed by atoms with Crippen molar-refractivity contribution in [1.82, 2.24) is 0 Å². The van der Waals surface area contributed by atoms with Crippen LogP contribution >= 0.6 is 11.6 Å². The number of rotatable bonds is 4. The fourth-order valence-corrected chi connectivity index (χ4v) is 1.01. The van der Waals surface area contributed by atoms with Gasteiger partial charge in [-0.15, -0.1) is 11.6 Å². The first-order chi connectivity index (χ1) is 5.86. The summed E-state index contributed by atoms with van der Waals surface area (Å²) in [6, 6.07) is 7.63. The van der Waals surface area contributed by atoms with Gasteiger partial charge in [0, 0.05) is 18.1 Å². The molecule has 0 heterocycles. The molecule has 1 rings (SSSR count). The lowest BCUT2D eigenvalue weighted by atomic mass is 10.2. The molecule has 0 aliphatic carbocycles. The van der Waals surface area contributed by atoms with Crippen LogP contribution < -0.4 is 5.32 Å². The number of benzene rings is 1. The lowest BCUT2D eigenvalue weighted by molar-refractivity contribution is 0.282. The second-order valence-corrected chi connectivity index (χ2v) is 2.85. The first-order valence-corrected chi connectivity index (χ1v) is 4.40. The fourth-order valence-electron chi connectivity index (χ4n) is 0.920. The van der Waals surface area contributed by atoms with Crippen LogP contribution in [0.4, 0.5) is 5.69 Å². The fraction of sp³-hybridized carbons (Fsp3) is 0.333. The highest BCUT2D eigenvalue weighted by atomic mass is 35.5. The van der Waals surface area contributed by atoms with Gasteiger partial charge in [0.05, 0.1) is 6.61 Å². The first-order valence-electron chi connectivity index (χ1n) is 3.86. The van der Waals surface area contributed by atoms with Crippen LogP contribution in [0, 0.1) is 0 Å². The normalized spacial score (nSPS) is 9.83. The van der Waals surface area contributed by atoms with E-state index in [0.29, 0.717) is 5.88 Å². The van der Waals surface area contributed by atoms with Crippen LogP contribution in [0.15, 0.2) is 24.3 Å². The Labute approximate surface area is 77.2 Å². The molecule has 0 saturated heterocycles. The Morgan fingerprint density at radius 3 is 2.42 bits per heavy atom. The Hall–Kier alpha value is -0.730. The molecule has 66 valence electrons. The van der Waals surface area contributed by atoms with E-state index >= 15 is 0 Å². The van der Waals surface area contributed by atoms with Crippen LogP contribution in [-0.2, 0) is 6.61 Å². The average molecular weight is 186 g/mol. The Kier molecular flexibility index (Phi) is 3.91. The van der Waals surface area contributed by atoms with Gasteiger partial charge in [0.1, 0.15) is 0 Å². The highest BCUT2D eigenvalue weighted by Gasteiger charge is 1.91. The van der Waals surface area contributed by atoms with Crippen molar-refractivity contribution >= 4 is 17.3 Å². The van der Waals surface area contributed by atoms with Crippen molar-refractivity contribution in [3.8, 4) is 0 Å². The van der Waals surface area contributed by atoms with Crippen LogP contribution in [0.5, 0.6) is 0 Å². The highest BCUT2D eigenvalue weighted by molar-refractivity contribution is 6.18. The molecule has 3 heteroatoms. The van der Waals surface area contributed by atoms with E-state index in [2.05, 4.69) is 5.32 Å². The van der Waals surface area contributed by atoms with Crippen molar-refractivity contribution in [2.24, 2.45) is 0 Å². The van der Waals surface area contributed by atoms with E-state index < -0.39 is 0 Å². The number of nitrogens with one attached hydrogen (secondary N) is 1. The molecule has 0 aliphatic rings. The Balaban J connectivity index is 2.53. The lowest BCUT2D eigenvalue weighted by Crippen LogP contribution is -2.01. The average Bonchev–Trinajstić information content (AvgIpc) is 2.15. The lowest BCUT2D eigenvalue weighted by Gasteiger charge is -2.03. The van der Waals surface area contributed by atoms with Gasteiger partial charge in [0.15, 0.2) is 0 Å². The van der Waals surface area contributed by atoms with Gasteiger partial charge in [-0.2, -0.15) is 0 Å². The predicted molar refractivity (Wildman–Crippen MR) is 51.6 cm³/mol. The number of alkyl halides is 1. The molecule has 0 saturated carbocycles. The van der Waals surface area contributed by atoms with Crippen LogP contribution in [0.2, 0.25) is 0 Å². The van der Waals surface area contributed by atoms with E-state index in [1.165, 1.54) is 0 Å². The van der Waals surface area contributed by atoms with Gasteiger partial charge in [-0.05, 0) is 17.7 Å². The molecule has 1 aromatic carbocycles. The van der Waals surface area contributed by atoms with E-state index in [1.807, 2.05) is 24.3 Å². The third-order valence-electron chi connectivity index (χ3n) is 1.56. The van der Waals surface area contributed by atoms with Crippen molar-refractivity contribution in [2.75, 3.05) is 17.7 Å². The second kappa shape index (κ2) is 5.01. The molecule has 12 heavy (non-hydrogen) atoms. The second-order valence-electron chi connectivity index (χ2n) is 2.47. The standard InChI is InChI=1S/C9H12ClNO/c10-5-6-11-9-3-1-8(7-12)2-4-9/h1-4,11-12H,5-7H2. The van der Waals surface area contributed by atoms with E-state index in [4.69, 9.17) is 16.7 Å². The maximum absolute atomic E-state index is 8.76. The molecule has 2 nitrogen and oxygen atoms in total. The SMILES string of the molecule is OCc1ccc(NCCCl)cc1. The molecule has 0 fully saturated rings. The number of hydrogen-bond acceptors (Lipinski definition) is 2. The summed E-state index contributed by atoms with van der Waals surface area (Å²) in [5.41, 5.74) is 1.96. The third kappa shape index (κ3) is 2.72. The van der Waals surface area contributed by atoms with Crippen molar-refractivity contribution in [1.29, 1.82) is 0 Å². The monoisotopic (exact) mass is 185 g/mol. The van der Waals surface area contributed by atoms with Gasteiger partial charge in [-0.3, -0.25) is 0 Å². The minimum absolute atomic E-state index is 0.0930. The van der Waals surface area contributed by atoms with Gasteiger partial charge >= 0.3 is 0 Å². The summed E-state index contributed by atoms with van der Waals surface area (Å²) in [6.07, 6.45) is 0. The quantitative estimate of drug-likeness (QED) is 0.702. The van der Waals surface area contributed by atoms with Crippen LogP contribution in [0.1, 0.15) is 5.56 Å². The maximum Gasteiger partial charge on any atom is 0.0681 e. The summed E-state index contributed by atoms with van der Waals surface area (Å²) >= 11 is 5.51. The zero-order valence-electron chi connectivity index (χ0n) is 6.76. The molecule has 2 N–H and O–H groups in total. The predicted octanol–water partition coefficient (Wildman–Crippen LogP) is 1.83. The minimum Gasteiger partial charge on any atom is -0.392 e. The first kappa shape index (κ1) is 9.36. The summed E-state index contributed by atoms with van der Waals surface area (Å²) in [7, 11) is 0. The molecule has 0 bridgehead atoms. The molecule has 0 aromatic heterocycles.